The number of para-hydroxylation sites is 1. The number of furan rings is 1. The molecule has 1 amide bonds. The van der Waals surface area contributed by atoms with Crippen molar-refractivity contribution in [2.45, 2.75) is 32.9 Å². The zero-order valence-corrected chi connectivity index (χ0v) is 17.7. The summed E-state index contributed by atoms with van der Waals surface area (Å²) in [4.78, 5) is 14.5. The summed E-state index contributed by atoms with van der Waals surface area (Å²) in [6.07, 6.45) is 0.430. The Hall–Kier alpha value is -1.80. The number of carbonyl (C=O) groups excluding carboxylic acids is 1. The molecule has 3 rings (SSSR count). The third-order valence-electron chi connectivity index (χ3n) is 4.67. The summed E-state index contributed by atoms with van der Waals surface area (Å²) >= 11 is 3.25. The highest BCUT2D eigenvalue weighted by Gasteiger charge is 2.35. The van der Waals surface area contributed by atoms with Gasteiger partial charge in [0.25, 0.3) is 5.91 Å². The van der Waals surface area contributed by atoms with Gasteiger partial charge in [-0.15, -0.1) is 0 Å². The van der Waals surface area contributed by atoms with Crippen molar-refractivity contribution in [1.29, 1.82) is 0 Å². The number of carbonyl (C=O) groups is 1. The fourth-order valence-electron chi connectivity index (χ4n) is 3.29. The van der Waals surface area contributed by atoms with Gasteiger partial charge in [0.1, 0.15) is 11.5 Å². The average molecular weight is 456 g/mol. The molecule has 0 aliphatic carbocycles. The molecule has 1 fully saturated rings. The summed E-state index contributed by atoms with van der Waals surface area (Å²) in [7, 11) is -3.12. The van der Waals surface area contributed by atoms with E-state index in [4.69, 9.17) is 9.15 Å². The van der Waals surface area contributed by atoms with Gasteiger partial charge in [-0.05, 0) is 59.5 Å². The Balaban J connectivity index is 1.76. The first kappa shape index (κ1) is 19.9. The van der Waals surface area contributed by atoms with Crippen molar-refractivity contribution in [3.05, 3.63) is 51.9 Å². The van der Waals surface area contributed by atoms with Crippen LogP contribution in [0.4, 0.5) is 0 Å². The Kier molecular flexibility index (Phi) is 5.95. The largest absolute Gasteiger partial charge is 0.483 e. The first-order valence-corrected chi connectivity index (χ1v) is 11.3. The second-order valence-corrected chi connectivity index (χ2v) is 9.80. The normalized spacial score (nSPS) is 18.4. The summed E-state index contributed by atoms with van der Waals surface area (Å²) < 4.78 is 35.6. The molecule has 1 aliphatic heterocycles. The number of hydrogen-bond donors (Lipinski definition) is 0. The van der Waals surface area contributed by atoms with Crippen LogP contribution in [0.15, 0.2) is 39.4 Å². The van der Waals surface area contributed by atoms with Gasteiger partial charge in [0, 0.05) is 6.04 Å². The molecule has 1 aromatic heterocycles. The molecule has 1 aromatic carbocycles. The van der Waals surface area contributed by atoms with E-state index < -0.39 is 9.84 Å². The van der Waals surface area contributed by atoms with E-state index in [1.807, 2.05) is 32.0 Å². The van der Waals surface area contributed by atoms with Crippen LogP contribution in [0.1, 0.15) is 23.3 Å². The third-order valence-corrected chi connectivity index (χ3v) is 6.85. The number of rotatable bonds is 6. The van der Waals surface area contributed by atoms with E-state index in [2.05, 4.69) is 15.9 Å². The molecule has 1 unspecified atom stereocenters. The van der Waals surface area contributed by atoms with Gasteiger partial charge in [0.2, 0.25) is 0 Å². The molecular weight excluding hydrogens is 434 g/mol. The lowest BCUT2D eigenvalue weighted by molar-refractivity contribution is -0.136. The number of nitrogens with zero attached hydrogens (tertiary/aromatic N) is 1. The maximum absolute atomic E-state index is 12.9. The molecule has 2 heterocycles. The molecule has 2 aromatic rings. The van der Waals surface area contributed by atoms with Gasteiger partial charge in [-0.25, -0.2) is 8.42 Å². The second-order valence-electron chi connectivity index (χ2n) is 6.79. The molecule has 1 atom stereocenters. The van der Waals surface area contributed by atoms with Crippen molar-refractivity contribution in [3.63, 3.8) is 0 Å². The minimum atomic E-state index is -3.12. The number of aryl methyl sites for hydroxylation is 2. The van der Waals surface area contributed by atoms with E-state index in [0.29, 0.717) is 22.6 Å². The summed E-state index contributed by atoms with van der Waals surface area (Å²) in [5, 5.41) is 0. The molecule has 1 saturated heterocycles. The fourth-order valence-corrected chi connectivity index (χ4v) is 5.36. The monoisotopic (exact) mass is 455 g/mol. The van der Waals surface area contributed by atoms with Crippen LogP contribution in [-0.4, -0.2) is 43.4 Å². The molecule has 0 spiro atoms. The van der Waals surface area contributed by atoms with Gasteiger partial charge in [0.15, 0.2) is 21.1 Å². The predicted octanol–water partition coefficient (Wildman–Crippen LogP) is 3.25. The average Bonchev–Trinajstić information content (AvgIpc) is 3.16. The number of sulfone groups is 1. The van der Waals surface area contributed by atoms with Gasteiger partial charge >= 0.3 is 0 Å². The molecular formula is C19H22BrNO5S. The molecule has 146 valence electrons. The van der Waals surface area contributed by atoms with Gasteiger partial charge in [-0.3, -0.25) is 4.79 Å². The molecule has 27 heavy (non-hydrogen) atoms. The fraction of sp³-hybridized carbons (Fsp3) is 0.421. The highest BCUT2D eigenvalue weighted by molar-refractivity contribution is 9.10. The van der Waals surface area contributed by atoms with Gasteiger partial charge in [-0.2, -0.15) is 0 Å². The lowest BCUT2D eigenvalue weighted by Crippen LogP contribution is -2.43. The number of benzene rings is 1. The Morgan fingerprint density at radius 3 is 2.52 bits per heavy atom. The minimum absolute atomic E-state index is 0.0238. The van der Waals surface area contributed by atoms with Crippen molar-refractivity contribution in [2.75, 3.05) is 18.1 Å². The summed E-state index contributed by atoms with van der Waals surface area (Å²) in [6, 6.07) is 8.93. The third kappa shape index (κ3) is 4.93. The van der Waals surface area contributed by atoms with Crippen LogP contribution in [-0.2, 0) is 21.2 Å². The van der Waals surface area contributed by atoms with Crippen LogP contribution in [0.2, 0.25) is 0 Å². The first-order valence-electron chi connectivity index (χ1n) is 8.68. The zero-order valence-electron chi connectivity index (χ0n) is 15.3. The quantitative estimate of drug-likeness (QED) is 0.667. The topological polar surface area (TPSA) is 76.8 Å². The number of amides is 1. The number of halogens is 1. The van der Waals surface area contributed by atoms with Crippen LogP contribution < -0.4 is 4.74 Å². The maximum Gasteiger partial charge on any atom is 0.261 e. The smallest absolute Gasteiger partial charge is 0.261 e. The van der Waals surface area contributed by atoms with Crippen molar-refractivity contribution >= 4 is 31.7 Å². The molecule has 0 radical (unpaired) electrons. The van der Waals surface area contributed by atoms with Crippen LogP contribution in [0.3, 0.4) is 0 Å². The number of hydrogen-bond acceptors (Lipinski definition) is 5. The summed E-state index contributed by atoms with van der Waals surface area (Å²) in [5.74, 6) is 1.09. The van der Waals surface area contributed by atoms with Crippen molar-refractivity contribution in [3.8, 4) is 5.75 Å². The van der Waals surface area contributed by atoms with E-state index >= 15 is 0 Å². The molecule has 0 N–H and O–H groups in total. The van der Waals surface area contributed by atoms with Crippen LogP contribution in [0, 0.1) is 13.8 Å². The SMILES string of the molecule is Cc1cccc(C)c1OCC(=O)N(Cc1ccc(Br)o1)C1CCS(=O)(=O)C1. The van der Waals surface area contributed by atoms with E-state index in [-0.39, 0.29) is 36.6 Å². The Morgan fingerprint density at radius 1 is 1.26 bits per heavy atom. The highest BCUT2D eigenvalue weighted by Crippen LogP contribution is 2.25. The van der Waals surface area contributed by atoms with E-state index in [1.165, 1.54) is 0 Å². The molecule has 0 saturated carbocycles. The van der Waals surface area contributed by atoms with E-state index in [9.17, 15) is 13.2 Å². The van der Waals surface area contributed by atoms with E-state index in [1.54, 1.807) is 17.0 Å². The van der Waals surface area contributed by atoms with Crippen molar-refractivity contribution in [1.82, 2.24) is 4.90 Å². The lowest BCUT2D eigenvalue weighted by atomic mass is 10.1. The Labute approximate surface area is 167 Å². The van der Waals surface area contributed by atoms with Gasteiger partial charge in [-0.1, -0.05) is 18.2 Å². The molecule has 0 bridgehead atoms. The summed E-state index contributed by atoms with van der Waals surface area (Å²) in [5.41, 5.74) is 1.90. The van der Waals surface area contributed by atoms with Crippen molar-refractivity contribution < 1.29 is 22.4 Å². The summed E-state index contributed by atoms with van der Waals surface area (Å²) in [6.45, 7) is 3.91. The molecule has 8 heteroatoms. The second kappa shape index (κ2) is 8.06. The van der Waals surface area contributed by atoms with Crippen molar-refractivity contribution in [2.24, 2.45) is 0 Å². The molecule has 6 nitrogen and oxygen atoms in total. The van der Waals surface area contributed by atoms with Gasteiger partial charge in [0.05, 0.1) is 18.1 Å². The van der Waals surface area contributed by atoms with E-state index in [0.717, 1.165) is 11.1 Å². The number of ether oxygens (including phenoxy) is 1. The predicted molar refractivity (Wildman–Crippen MR) is 105 cm³/mol. The zero-order chi connectivity index (χ0) is 19.6. The highest BCUT2D eigenvalue weighted by atomic mass is 79.9. The van der Waals surface area contributed by atoms with Gasteiger partial charge < -0.3 is 14.1 Å². The minimum Gasteiger partial charge on any atom is -0.483 e. The first-order chi connectivity index (χ1) is 12.7. The van der Waals surface area contributed by atoms with Crippen LogP contribution in [0.25, 0.3) is 0 Å². The maximum atomic E-state index is 12.9. The van der Waals surface area contributed by atoms with Crippen LogP contribution in [0.5, 0.6) is 5.75 Å². The Bertz CT molecular complexity index is 917. The lowest BCUT2D eigenvalue weighted by Gasteiger charge is -2.27. The molecule has 1 aliphatic rings. The van der Waals surface area contributed by atoms with Crippen LogP contribution >= 0.6 is 15.9 Å². The standard InChI is InChI=1S/C19H22BrNO5S/c1-13-4-3-5-14(2)19(13)25-11-18(22)21(10-16-6-7-17(20)26-16)15-8-9-27(23,24)12-15/h3-7,15H,8-12H2,1-2H3. The Morgan fingerprint density at radius 2 is 1.96 bits per heavy atom.